The third-order valence-corrected chi connectivity index (χ3v) is 3.90. The molecule has 102 valence electrons. The molecule has 3 N–H and O–H groups in total. The largest absolute Gasteiger partial charge is 0.394 e. The molecule has 0 aliphatic carbocycles. The summed E-state index contributed by atoms with van der Waals surface area (Å²) in [4.78, 5) is 2.59. The highest BCUT2D eigenvalue weighted by molar-refractivity contribution is 4.78. The Balaban J connectivity index is 2.04. The zero-order valence-corrected chi connectivity index (χ0v) is 11.6. The molecule has 1 rings (SSSR count). The van der Waals surface area contributed by atoms with E-state index in [2.05, 4.69) is 11.8 Å². The van der Waals surface area contributed by atoms with Gasteiger partial charge in [0.25, 0.3) is 0 Å². The molecule has 3 nitrogen and oxygen atoms in total. The standard InChI is InChI=1S/C14H30N2O/c1-3-6-13-7-10-16(11-13)9-5-4-8-14(2,15)12-17/h13,17H,3-12,15H2,1-2H3. The second-order valence-electron chi connectivity index (χ2n) is 6.01. The number of aliphatic hydroxyl groups is 1. The zero-order valence-electron chi connectivity index (χ0n) is 11.6. The van der Waals surface area contributed by atoms with Crippen molar-refractivity contribution in [2.75, 3.05) is 26.2 Å². The summed E-state index contributed by atoms with van der Waals surface area (Å²) >= 11 is 0. The van der Waals surface area contributed by atoms with Crippen LogP contribution in [0.4, 0.5) is 0 Å². The third kappa shape index (κ3) is 5.84. The Bertz CT molecular complexity index is 206. The van der Waals surface area contributed by atoms with Gasteiger partial charge in [0.05, 0.1) is 6.61 Å². The fourth-order valence-corrected chi connectivity index (χ4v) is 2.70. The van der Waals surface area contributed by atoms with Crippen LogP contribution < -0.4 is 5.73 Å². The number of hydrogen-bond donors (Lipinski definition) is 2. The van der Waals surface area contributed by atoms with Crippen LogP contribution in [0.5, 0.6) is 0 Å². The van der Waals surface area contributed by atoms with E-state index < -0.39 is 0 Å². The van der Waals surface area contributed by atoms with Gasteiger partial charge in [-0.3, -0.25) is 0 Å². The van der Waals surface area contributed by atoms with Gasteiger partial charge >= 0.3 is 0 Å². The van der Waals surface area contributed by atoms with E-state index in [0.717, 1.165) is 18.8 Å². The van der Waals surface area contributed by atoms with Crippen molar-refractivity contribution in [1.82, 2.24) is 4.90 Å². The first-order valence-electron chi connectivity index (χ1n) is 7.19. The molecule has 2 atom stereocenters. The predicted octanol–water partition coefficient (Wildman–Crippen LogP) is 1.99. The molecule has 1 aliphatic rings. The monoisotopic (exact) mass is 242 g/mol. The molecular weight excluding hydrogens is 212 g/mol. The minimum absolute atomic E-state index is 0.0925. The number of rotatable bonds is 8. The van der Waals surface area contributed by atoms with Gasteiger partial charge in [0.15, 0.2) is 0 Å². The van der Waals surface area contributed by atoms with Crippen LogP contribution in [0.1, 0.15) is 52.4 Å². The van der Waals surface area contributed by atoms with E-state index in [1.165, 1.54) is 45.3 Å². The average Bonchev–Trinajstić information content (AvgIpc) is 2.73. The summed E-state index contributed by atoms with van der Waals surface area (Å²) in [5.74, 6) is 0.942. The predicted molar refractivity (Wildman–Crippen MR) is 73.0 cm³/mol. The van der Waals surface area contributed by atoms with Gasteiger partial charge < -0.3 is 15.7 Å². The van der Waals surface area contributed by atoms with Crippen LogP contribution >= 0.6 is 0 Å². The van der Waals surface area contributed by atoms with Crippen molar-refractivity contribution in [3.8, 4) is 0 Å². The number of aliphatic hydroxyl groups excluding tert-OH is 1. The van der Waals surface area contributed by atoms with E-state index in [-0.39, 0.29) is 12.1 Å². The van der Waals surface area contributed by atoms with Gasteiger partial charge in [0, 0.05) is 12.1 Å². The molecular formula is C14H30N2O. The van der Waals surface area contributed by atoms with Crippen LogP contribution in [0.25, 0.3) is 0 Å². The molecule has 0 amide bonds. The highest BCUT2D eigenvalue weighted by Crippen LogP contribution is 2.21. The maximum absolute atomic E-state index is 9.06. The van der Waals surface area contributed by atoms with Crippen LogP contribution in [0.15, 0.2) is 0 Å². The van der Waals surface area contributed by atoms with Crippen molar-refractivity contribution in [3.63, 3.8) is 0 Å². The van der Waals surface area contributed by atoms with Gasteiger partial charge in [-0.2, -0.15) is 0 Å². The van der Waals surface area contributed by atoms with Crippen molar-refractivity contribution in [1.29, 1.82) is 0 Å². The highest BCUT2D eigenvalue weighted by atomic mass is 16.3. The van der Waals surface area contributed by atoms with Crippen LogP contribution in [0.2, 0.25) is 0 Å². The van der Waals surface area contributed by atoms with Gasteiger partial charge in [0.2, 0.25) is 0 Å². The summed E-state index contributed by atoms with van der Waals surface area (Å²) in [5.41, 5.74) is 5.53. The lowest BCUT2D eigenvalue weighted by molar-refractivity contribution is 0.195. The third-order valence-electron chi connectivity index (χ3n) is 3.90. The Hall–Kier alpha value is -0.120. The molecule has 0 spiro atoms. The summed E-state index contributed by atoms with van der Waals surface area (Å²) in [6.07, 6.45) is 7.37. The Morgan fingerprint density at radius 1 is 1.41 bits per heavy atom. The smallest absolute Gasteiger partial charge is 0.0608 e. The van der Waals surface area contributed by atoms with E-state index in [1.807, 2.05) is 6.92 Å². The van der Waals surface area contributed by atoms with Crippen molar-refractivity contribution in [2.45, 2.75) is 57.9 Å². The first-order valence-corrected chi connectivity index (χ1v) is 7.19. The first-order chi connectivity index (χ1) is 8.07. The quantitative estimate of drug-likeness (QED) is 0.640. The normalized spacial score (nSPS) is 25.1. The molecule has 1 fully saturated rings. The molecule has 0 aromatic rings. The first kappa shape index (κ1) is 14.9. The Morgan fingerprint density at radius 2 is 2.18 bits per heavy atom. The lowest BCUT2D eigenvalue weighted by Gasteiger charge is -2.22. The van der Waals surface area contributed by atoms with E-state index in [4.69, 9.17) is 10.8 Å². The molecule has 17 heavy (non-hydrogen) atoms. The van der Waals surface area contributed by atoms with Crippen LogP contribution in [-0.2, 0) is 0 Å². The maximum atomic E-state index is 9.06. The summed E-state index contributed by atoms with van der Waals surface area (Å²) in [5, 5.41) is 9.06. The number of nitrogens with two attached hydrogens (primary N) is 1. The summed E-state index contributed by atoms with van der Waals surface area (Å²) in [6, 6.07) is 0. The molecule has 2 unspecified atom stereocenters. The SMILES string of the molecule is CCCC1CCN(CCCCC(C)(N)CO)C1. The number of likely N-dealkylation sites (tertiary alicyclic amines) is 1. The van der Waals surface area contributed by atoms with Gasteiger partial charge in [-0.05, 0) is 51.6 Å². The second-order valence-corrected chi connectivity index (χ2v) is 6.01. The van der Waals surface area contributed by atoms with Gasteiger partial charge in [0.1, 0.15) is 0 Å². The lowest BCUT2D eigenvalue weighted by Crippen LogP contribution is -2.40. The van der Waals surface area contributed by atoms with E-state index >= 15 is 0 Å². The number of nitrogens with zero attached hydrogens (tertiary/aromatic N) is 1. The Morgan fingerprint density at radius 3 is 2.82 bits per heavy atom. The highest BCUT2D eigenvalue weighted by Gasteiger charge is 2.21. The van der Waals surface area contributed by atoms with Crippen LogP contribution in [-0.4, -0.2) is 41.8 Å². The van der Waals surface area contributed by atoms with E-state index in [9.17, 15) is 0 Å². The minimum atomic E-state index is -0.379. The fourth-order valence-electron chi connectivity index (χ4n) is 2.70. The number of unbranched alkanes of at least 4 members (excludes halogenated alkanes) is 1. The molecule has 1 saturated heterocycles. The molecule has 0 bridgehead atoms. The molecule has 1 aliphatic heterocycles. The lowest BCUT2D eigenvalue weighted by atomic mass is 9.97. The molecule has 0 aromatic carbocycles. The number of hydrogen-bond acceptors (Lipinski definition) is 3. The van der Waals surface area contributed by atoms with Gasteiger partial charge in [-0.1, -0.05) is 19.8 Å². The Labute approximate surface area is 106 Å². The summed E-state index contributed by atoms with van der Waals surface area (Å²) in [7, 11) is 0. The molecule has 3 heteroatoms. The Kier molecular flexibility index (Phi) is 6.45. The second kappa shape index (κ2) is 7.34. The molecule has 0 aromatic heterocycles. The fraction of sp³-hybridized carbons (Fsp3) is 1.00. The van der Waals surface area contributed by atoms with Crippen LogP contribution in [0, 0.1) is 5.92 Å². The van der Waals surface area contributed by atoms with E-state index in [1.54, 1.807) is 0 Å². The van der Waals surface area contributed by atoms with Crippen LogP contribution in [0.3, 0.4) is 0 Å². The van der Waals surface area contributed by atoms with Gasteiger partial charge in [-0.15, -0.1) is 0 Å². The summed E-state index contributed by atoms with van der Waals surface area (Å²) in [6.45, 7) is 8.09. The van der Waals surface area contributed by atoms with Crippen molar-refractivity contribution in [2.24, 2.45) is 11.7 Å². The summed E-state index contributed by atoms with van der Waals surface area (Å²) < 4.78 is 0. The van der Waals surface area contributed by atoms with Crippen molar-refractivity contribution in [3.05, 3.63) is 0 Å². The van der Waals surface area contributed by atoms with Gasteiger partial charge in [-0.25, -0.2) is 0 Å². The minimum Gasteiger partial charge on any atom is -0.394 e. The molecule has 1 heterocycles. The average molecular weight is 242 g/mol. The zero-order chi connectivity index (χ0) is 12.7. The maximum Gasteiger partial charge on any atom is 0.0608 e. The molecule has 0 saturated carbocycles. The van der Waals surface area contributed by atoms with Crippen molar-refractivity contribution >= 4 is 0 Å². The van der Waals surface area contributed by atoms with Crippen molar-refractivity contribution < 1.29 is 5.11 Å². The topological polar surface area (TPSA) is 49.5 Å². The van der Waals surface area contributed by atoms with E-state index in [0.29, 0.717) is 0 Å². The molecule has 0 radical (unpaired) electrons.